The van der Waals surface area contributed by atoms with Crippen LogP contribution in [0.25, 0.3) is 5.69 Å². The maximum absolute atomic E-state index is 12.4. The van der Waals surface area contributed by atoms with Crippen molar-refractivity contribution in [1.29, 1.82) is 0 Å². The van der Waals surface area contributed by atoms with Crippen molar-refractivity contribution in [3.8, 4) is 11.4 Å². The second-order valence-corrected chi connectivity index (χ2v) is 5.79. The van der Waals surface area contributed by atoms with Crippen molar-refractivity contribution < 1.29 is 5.11 Å². The van der Waals surface area contributed by atoms with Crippen molar-refractivity contribution in [3.05, 3.63) is 79.0 Å². The third-order valence-electron chi connectivity index (χ3n) is 3.24. The van der Waals surface area contributed by atoms with Gasteiger partial charge in [-0.2, -0.15) is 0 Å². The Morgan fingerprint density at radius 2 is 1.61 bits per heavy atom. The van der Waals surface area contributed by atoms with Gasteiger partial charge in [-0.3, -0.25) is 0 Å². The van der Waals surface area contributed by atoms with Gasteiger partial charge in [-0.15, -0.1) is 0 Å². The van der Waals surface area contributed by atoms with E-state index in [2.05, 4.69) is 5.10 Å². The van der Waals surface area contributed by atoms with E-state index in [0.29, 0.717) is 15.7 Å². The van der Waals surface area contributed by atoms with Crippen LogP contribution in [0.3, 0.4) is 0 Å². The molecule has 8 heteroatoms. The smallest absolute Gasteiger partial charge is 0.351 e. The van der Waals surface area contributed by atoms with E-state index in [4.69, 9.17) is 23.2 Å². The Labute approximate surface area is 140 Å². The van der Waals surface area contributed by atoms with Crippen LogP contribution in [0.1, 0.15) is 5.56 Å². The highest BCUT2D eigenvalue weighted by molar-refractivity contribution is 6.34. The highest BCUT2D eigenvalue weighted by Crippen LogP contribution is 2.20. The molecule has 0 amide bonds. The first-order valence-corrected chi connectivity index (χ1v) is 7.36. The maximum Gasteiger partial charge on any atom is 0.351 e. The molecule has 2 aromatic carbocycles. The van der Waals surface area contributed by atoms with Gasteiger partial charge in [0, 0.05) is 10.0 Å². The van der Waals surface area contributed by atoms with E-state index in [1.807, 2.05) is 0 Å². The number of halogens is 2. The Morgan fingerprint density at radius 1 is 1.00 bits per heavy atom. The van der Waals surface area contributed by atoms with Gasteiger partial charge in [-0.05, 0) is 35.9 Å². The van der Waals surface area contributed by atoms with Gasteiger partial charge in [0.25, 0.3) is 0 Å². The molecule has 3 aromatic rings. The first-order chi connectivity index (χ1) is 10.9. The molecule has 0 fully saturated rings. The fraction of sp³-hybridized carbons (Fsp3) is 0.0667. The van der Waals surface area contributed by atoms with Crippen LogP contribution in [0.4, 0.5) is 0 Å². The number of hydrogen-bond acceptors (Lipinski definition) is 3. The van der Waals surface area contributed by atoms with E-state index in [0.717, 1.165) is 10.1 Å². The predicted octanol–water partition coefficient (Wildman–Crippen LogP) is 2.39. The summed E-state index contributed by atoms with van der Waals surface area (Å²) in [5.74, 6) is 0.126. The molecule has 0 aliphatic heterocycles. The fourth-order valence-corrected chi connectivity index (χ4v) is 2.72. The molecule has 1 heterocycles. The van der Waals surface area contributed by atoms with Crippen molar-refractivity contribution >= 4 is 23.2 Å². The van der Waals surface area contributed by atoms with Gasteiger partial charge in [-0.1, -0.05) is 35.3 Å². The number of nitrogens with one attached hydrogen (secondary N) is 1. The molecule has 0 aliphatic carbocycles. The van der Waals surface area contributed by atoms with Gasteiger partial charge < -0.3 is 5.11 Å². The zero-order valence-electron chi connectivity index (χ0n) is 11.7. The lowest BCUT2D eigenvalue weighted by Gasteiger charge is -2.03. The van der Waals surface area contributed by atoms with Crippen LogP contribution in [-0.2, 0) is 6.54 Å². The molecule has 23 heavy (non-hydrogen) atoms. The quantitative estimate of drug-likeness (QED) is 0.760. The normalized spacial score (nSPS) is 10.9. The largest absolute Gasteiger partial charge is 0.508 e. The highest BCUT2D eigenvalue weighted by Gasteiger charge is 2.12. The predicted molar refractivity (Wildman–Crippen MR) is 87.9 cm³/mol. The van der Waals surface area contributed by atoms with Gasteiger partial charge in [0.15, 0.2) is 0 Å². The lowest BCUT2D eigenvalue weighted by molar-refractivity contribution is 0.475. The fourth-order valence-electron chi connectivity index (χ4n) is 2.21. The molecule has 1 aromatic heterocycles. The van der Waals surface area contributed by atoms with Crippen molar-refractivity contribution in [2.75, 3.05) is 0 Å². The zero-order chi connectivity index (χ0) is 16.6. The van der Waals surface area contributed by atoms with Gasteiger partial charge >= 0.3 is 11.4 Å². The van der Waals surface area contributed by atoms with Crippen LogP contribution in [0.5, 0.6) is 5.75 Å². The standard InChI is InChI=1S/C15H11Cl2N3O3/c16-10-5-11(17)7-12(6-10)20-14(22)18-19(15(20)23)8-9-1-3-13(21)4-2-9/h1-7,21H,8H2,(H,18,22). The summed E-state index contributed by atoms with van der Waals surface area (Å²) in [6, 6.07) is 10.8. The summed E-state index contributed by atoms with van der Waals surface area (Å²) in [5, 5.41) is 12.4. The van der Waals surface area contributed by atoms with Gasteiger partial charge in [0.2, 0.25) is 0 Å². The monoisotopic (exact) mass is 351 g/mol. The van der Waals surface area contributed by atoms with Gasteiger partial charge in [-0.25, -0.2) is 23.9 Å². The van der Waals surface area contributed by atoms with Crippen LogP contribution in [0.2, 0.25) is 10.0 Å². The van der Waals surface area contributed by atoms with Crippen molar-refractivity contribution in [1.82, 2.24) is 14.3 Å². The van der Waals surface area contributed by atoms with E-state index in [9.17, 15) is 14.7 Å². The Balaban J connectivity index is 2.04. The third-order valence-corrected chi connectivity index (χ3v) is 3.67. The summed E-state index contributed by atoms with van der Waals surface area (Å²) < 4.78 is 2.13. The second kappa shape index (κ2) is 5.98. The molecule has 118 valence electrons. The van der Waals surface area contributed by atoms with E-state index >= 15 is 0 Å². The molecule has 0 atom stereocenters. The number of nitrogens with zero attached hydrogens (tertiary/aromatic N) is 2. The van der Waals surface area contributed by atoms with Crippen LogP contribution < -0.4 is 11.4 Å². The molecular formula is C15H11Cl2N3O3. The van der Waals surface area contributed by atoms with Crippen molar-refractivity contribution in [2.24, 2.45) is 0 Å². The van der Waals surface area contributed by atoms with E-state index < -0.39 is 11.4 Å². The lowest BCUT2D eigenvalue weighted by atomic mass is 10.2. The zero-order valence-corrected chi connectivity index (χ0v) is 13.2. The molecule has 0 bridgehead atoms. The van der Waals surface area contributed by atoms with Gasteiger partial charge in [0.1, 0.15) is 5.75 Å². The molecule has 3 rings (SSSR count). The van der Waals surface area contributed by atoms with Gasteiger partial charge in [0.05, 0.1) is 12.2 Å². The van der Waals surface area contributed by atoms with Crippen LogP contribution in [-0.4, -0.2) is 19.5 Å². The average Bonchev–Trinajstić information content (AvgIpc) is 2.75. The minimum atomic E-state index is -0.591. The SMILES string of the molecule is O=c1[nH]n(Cc2ccc(O)cc2)c(=O)n1-c1cc(Cl)cc(Cl)c1. The summed E-state index contributed by atoms with van der Waals surface area (Å²) >= 11 is 11.8. The molecule has 0 saturated heterocycles. The number of aromatic hydroxyl groups is 1. The molecular weight excluding hydrogens is 341 g/mol. The molecule has 0 spiro atoms. The Morgan fingerprint density at radius 3 is 2.22 bits per heavy atom. The summed E-state index contributed by atoms with van der Waals surface area (Å²) in [7, 11) is 0. The lowest BCUT2D eigenvalue weighted by Crippen LogP contribution is -2.27. The van der Waals surface area contributed by atoms with E-state index in [-0.39, 0.29) is 12.3 Å². The molecule has 0 unspecified atom stereocenters. The van der Waals surface area contributed by atoms with Crippen LogP contribution >= 0.6 is 23.2 Å². The van der Waals surface area contributed by atoms with E-state index in [1.54, 1.807) is 12.1 Å². The second-order valence-electron chi connectivity index (χ2n) is 4.92. The Kier molecular flexibility index (Phi) is 4.02. The maximum atomic E-state index is 12.4. The van der Waals surface area contributed by atoms with E-state index in [1.165, 1.54) is 35.0 Å². The molecule has 0 saturated carbocycles. The highest BCUT2D eigenvalue weighted by atomic mass is 35.5. The summed E-state index contributed by atoms with van der Waals surface area (Å²) in [6.45, 7) is 0.162. The molecule has 0 radical (unpaired) electrons. The number of benzene rings is 2. The number of rotatable bonds is 3. The third kappa shape index (κ3) is 3.18. The van der Waals surface area contributed by atoms with Crippen LogP contribution in [0.15, 0.2) is 52.1 Å². The minimum Gasteiger partial charge on any atom is -0.508 e. The topological polar surface area (TPSA) is 80.0 Å². The first kappa shape index (κ1) is 15.5. The summed E-state index contributed by atoms with van der Waals surface area (Å²) in [4.78, 5) is 24.5. The number of phenols is 1. The molecule has 0 aliphatic rings. The summed E-state index contributed by atoms with van der Waals surface area (Å²) in [5.41, 5.74) is -0.0887. The minimum absolute atomic E-state index is 0.126. The average molecular weight is 352 g/mol. The number of aromatic nitrogens is 3. The molecule has 6 nitrogen and oxygen atoms in total. The summed E-state index contributed by atoms with van der Waals surface area (Å²) in [6.07, 6.45) is 0. The number of aromatic amines is 1. The van der Waals surface area contributed by atoms with Crippen LogP contribution in [0, 0.1) is 0 Å². The van der Waals surface area contributed by atoms with Crippen molar-refractivity contribution in [2.45, 2.75) is 6.54 Å². The number of H-pyrrole nitrogens is 1. The number of phenolic OH excluding ortho intramolecular Hbond substituents is 1. The first-order valence-electron chi connectivity index (χ1n) is 6.60. The Hall–Kier alpha value is -2.44. The Bertz CT molecular complexity index is 951. The number of hydrogen-bond donors (Lipinski definition) is 2. The van der Waals surface area contributed by atoms with Crippen molar-refractivity contribution in [3.63, 3.8) is 0 Å². The molecule has 2 N–H and O–H groups in total.